The summed E-state index contributed by atoms with van der Waals surface area (Å²) < 4.78 is 73.4. The molecule has 34 heavy (non-hydrogen) atoms. The number of carbonyl (C=O) groups is 2. The Bertz CT molecular complexity index is 1200. The van der Waals surface area contributed by atoms with Gasteiger partial charge in [-0.2, -0.15) is 4.31 Å². The number of sulfonamides is 1. The maximum absolute atomic E-state index is 13.2. The van der Waals surface area contributed by atoms with Crippen molar-refractivity contribution in [1.29, 1.82) is 0 Å². The molecule has 13 heteroatoms. The lowest BCUT2D eigenvalue weighted by Crippen LogP contribution is -2.43. The molecule has 2 N–H and O–H groups in total. The van der Waals surface area contributed by atoms with Crippen LogP contribution in [-0.2, 0) is 19.6 Å². The third-order valence-corrected chi connectivity index (χ3v) is 7.19. The Morgan fingerprint density at radius 2 is 1.91 bits per heavy atom. The van der Waals surface area contributed by atoms with Crippen LogP contribution >= 0.6 is 0 Å². The molecular formula is C21H20F3N3O6S. The molecule has 0 spiro atoms. The number of amides is 2. The molecule has 2 aromatic carbocycles. The van der Waals surface area contributed by atoms with Crippen LogP contribution in [0.4, 0.5) is 24.5 Å². The Morgan fingerprint density at radius 1 is 1.18 bits per heavy atom. The summed E-state index contributed by atoms with van der Waals surface area (Å²) in [5.74, 6) is -1.56. The zero-order valence-corrected chi connectivity index (χ0v) is 18.4. The standard InChI is InChI=1S/C21H20F3N3O6S/c22-21(23,24)33-15-5-3-14(4-6-15)25-20(29)13-2-1-9-27(11-13)34(30,31)16-7-8-18-17(10-16)26-19(28)12-32-18/h3-8,10,13H,1-2,9,11-12H2,(H,25,29)(H,26,28)/t13-/m0/s1. The summed E-state index contributed by atoms with van der Waals surface area (Å²) in [6, 6.07) is 8.82. The number of hydrogen-bond acceptors (Lipinski definition) is 6. The van der Waals surface area contributed by atoms with Gasteiger partial charge in [0.1, 0.15) is 11.5 Å². The maximum Gasteiger partial charge on any atom is 0.573 e. The fourth-order valence-corrected chi connectivity index (χ4v) is 5.28. The number of hydrogen-bond donors (Lipinski definition) is 2. The quantitative estimate of drug-likeness (QED) is 0.654. The second kappa shape index (κ2) is 9.14. The summed E-state index contributed by atoms with van der Waals surface area (Å²) in [5, 5.41) is 5.16. The van der Waals surface area contributed by atoms with E-state index < -0.39 is 39.9 Å². The van der Waals surface area contributed by atoms with Gasteiger partial charge in [-0.3, -0.25) is 9.59 Å². The van der Waals surface area contributed by atoms with Gasteiger partial charge in [0.15, 0.2) is 6.61 Å². The van der Waals surface area contributed by atoms with Gasteiger partial charge in [-0.15, -0.1) is 13.2 Å². The largest absolute Gasteiger partial charge is 0.573 e. The molecule has 2 aliphatic rings. The summed E-state index contributed by atoms with van der Waals surface area (Å²) in [4.78, 5) is 24.2. The highest BCUT2D eigenvalue weighted by atomic mass is 32.2. The summed E-state index contributed by atoms with van der Waals surface area (Å²) in [6.45, 7) is -0.000985. The van der Waals surface area contributed by atoms with Gasteiger partial charge in [0, 0.05) is 18.8 Å². The second-order valence-electron chi connectivity index (χ2n) is 7.76. The smallest absolute Gasteiger partial charge is 0.482 e. The predicted molar refractivity (Wildman–Crippen MR) is 114 cm³/mol. The van der Waals surface area contributed by atoms with Gasteiger partial charge in [0.05, 0.1) is 16.5 Å². The van der Waals surface area contributed by atoms with Crippen LogP contribution in [0.1, 0.15) is 12.8 Å². The third-order valence-electron chi connectivity index (χ3n) is 5.33. The molecule has 0 unspecified atom stereocenters. The first kappa shape index (κ1) is 23.8. The highest BCUT2D eigenvalue weighted by molar-refractivity contribution is 7.89. The van der Waals surface area contributed by atoms with Gasteiger partial charge in [0.2, 0.25) is 15.9 Å². The second-order valence-corrected chi connectivity index (χ2v) is 9.70. The fraction of sp³-hybridized carbons (Fsp3) is 0.333. The predicted octanol–water partition coefficient (Wildman–Crippen LogP) is 2.96. The van der Waals surface area contributed by atoms with Gasteiger partial charge in [0.25, 0.3) is 5.91 Å². The topological polar surface area (TPSA) is 114 Å². The van der Waals surface area contributed by atoms with Crippen molar-refractivity contribution in [1.82, 2.24) is 4.31 Å². The minimum Gasteiger partial charge on any atom is -0.482 e. The average molecular weight is 499 g/mol. The number of anilines is 2. The lowest BCUT2D eigenvalue weighted by molar-refractivity contribution is -0.274. The molecule has 1 atom stereocenters. The van der Waals surface area contributed by atoms with Crippen LogP contribution in [0.25, 0.3) is 0 Å². The Labute approximate surface area is 192 Å². The zero-order chi connectivity index (χ0) is 24.5. The number of nitrogens with one attached hydrogen (secondary N) is 2. The maximum atomic E-state index is 13.2. The van der Waals surface area contributed by atoms with E-state index in [1.165, 1.54) is 34.6 Å². The van der Waals surface area contributed by atoms with E-state index in [1.54, 1.807) is 0 Å². The monoisotopic (exact) mass is 499 g/mol. The van der Waals surface area contributed by atoms with Crippen molar-refractivity contribution in [2.75, 3.05) is 30.3 Å². The first-order chi connectivity index (χ1) is 16.0. The van der Waals surface area contributed by atoms with Crippen LogP contribution in [0.3, 0.4) is 0 Å². The van der Waals surface area contributed by atoms with Crippen molar-refractivity contribution < 1.29 is 40.7 Å². The number of alkyl halides is 3. The normalized spacial score (nSPS) is 18.9. The highest BCUT2D eigenvalue weighted by Gasteiger charge is 2.34. The Kier molecular flexibility index (Phi) is 6.41. The van der Waals surface area contributed by atoms with Crippen LogP contribution in [-0.4, -0.2) is 50.6 Å². The van der Waals surface area contributed by atoms with E-state index >= 15 is 0 Å². The van der Waals surface area contributed by atoms with Crippen molar-refractivity contribution >= 4 is 33.2 Å². The van der Waals surface area contributed by atoms with Crippen LogP contribution in [0, 0.1) is 5.92 Å². The van der Waals surface area contributed by atoms with Crippen molar-refractivity contribution in [3.05, 3.63) is 42.5 Å². The van der Waals surface area contributed by atoms with Crippen LogP contribution < -0.4 is 20.1 Å². The van der Waals surface area contributed by atoms with Crippen molar-refractivity contribution in [3.8, 4) is 11.5 Å². The molecule has 0 bridgehead atoms. The van der Waals surface area contributed by atoms with Crippen molar-refractivity contribution in [2.45, 2.75) is 24.1 Å². The number of fused-ring (bicyclic) bond motifs is 1. The summed E-state index contributed by atoms with van der Waals surface area (Å²) >= 11 is 0. The molecule has 2 amide bonds. The SMILES string of the molecule is O=C1COc2ccc(S(=O)(=O)N3CCC[C@H](C(=O)Nc4ccc(OC(F)(F)F)cc4)C3)cc2N1. The number of rotatable bonds is 5. The fourth-order valence-electron chi connectivity index (χ4n) is 3.73. The number of halogens is 3. The molecule has 2 aliphatic heterocycles. The van der Waals surface area contributed by atoms with Gasteiger partial charge in [-0.25, -0.2) is 8.42 Å². The molecule has 1 saturated heterocycles. The summed E-state index contributed by atoms with van der Waals surface area (Å²) in [5.41, 5.74) is 0.506. The van der Waals surface area contributed by atoms with E-state index in [-0.39, 0.29) is 36.0 Å². The van der Waals surface area contributed by atoms with Gasteiger partial charge >= 0.3 is 6.36 Å². The first-order valence-electron chi connectivity index (χ1n) is 10.2. The van der Waals surface area contributed by atoms with Crippen LogP contribution in [0.5, 0.6) is 11.5 Å². The van der Waals surface area contributed by atoms with E-state index in [9.17, 15) is 31.2 Å². The Morgan fingerprint density at radius 3 is 2.62 bits per heavy atom. The molecule has 2 heterocycles. The molecule has 0 saturated carbocycles. The summed E-state index contributed by atoms with van der Waals surface area (Å²) in [6.07, 6.45) is -3.93. The highest BCUT2D eigenvalue weighted by Crippen LogP contribution is 2.32. The van der Waals surface area contributed by atoms with E-state index in [4.69, 9.17) is 4.74 Å². The van der Waals surface area contributed by atoms with E-state index in [0.717, 1.165) is 12.1 Å². The van der Waals surface area contributed by atoms with Crippen LogP contribution in [0.2, 0.25) is 0 Å². The Balaban J connectivity index is 1.43. The number of nitrogens with zero attached hydrogens (tertiary/aromatic N) is 1. The van der Waals surface area contributed by atoms with Crippen LogP contribution in [0.15, 0.2) is 47.4 Å². The molecule has 0 aromatic heterocycles. The van der Waals surface area contributed by atoms with Gasteiger partial charge < -0.3 is 20.1 Å². The molecule has 0 aliphatic carbocycles. The lowest BCUT2D eigenvalue weighted by Gasteiger charge is -2.31. The third kappa shape index (κ3) is 5.42. The van der Waals surface area contributed by atoms with Crippen molar-refractivity contribution in [3.63, 3.8) is 0 Å². The molecule has 9 nitrogen and oxygen atoms in total. The zero-order valence-electron chi connectivity index (χ0n) is 17.6. The number of carbonyl (C=O) groups excluding carboxylic acids is 2. The number of benzene rings is 2. The lowest BCUT2D eigenvalue weighted by atomic mass is 9.99. The van der Waals surface area contributed by atoms with E-state index in [0.29, 0.717) is 18.6 Å². The summed E-state index contributed by atoms with van der Waals surface area (Å²) in [7, 11) is -3.95. The minimum atomic E-state index is -4.82. The van der Waals surface area contributed by atoms with E-state index in [2.05, 4.69) is 15.4 Å². The average Bonchev–Trinajstić information content (AvgIpc) is 2.79. The van der Waals surface area contributed by atoms with Gasteiger partial charge in [-0.1, -0.05) is 0 Å². The molecule has 0 radical (unpaired) electrons. The minimum absolute atomic E-state index is 0.0432. The molecule has 2 aromatic rings. The molecule has 1 fully saturated rings. The molecule has 4 rings (SSSR count). The van der Waals surface area contributed by atoms with E-state index in [1.807, 2.05) is 0 Å². The number of ether oxygens (including phenoxy) is 2. The van der Waals surface area contributed by atoms with Crippen molar-refractivity contribution in [2.24, 2.45) is 5.92 Å². The number of piperidine rings is 1. The molecular weight excluding hydrogens is 479 g/mol. The first-order valence-corrected chi connectivity index (χ1v) is 11.7. The Hall–Kier alpha value is -3.32. The molecule has 182 valence electrons. The van der Waals surface area contributed by atoms with Gasteiger partial charge in [-0.05, 0) is 55.3 Å².